The summed E-state index contributed by atoms with van der Waals surface area (Å²) in [7, 11) is 0. The fourth-order valence-corrected chi connectivity index (χ4v) is 2.57. The Balaban J connectivity index is 2.21. The van der Waals surface area contributed by atoms with Crippen molar-refractivity contribution in [3.8, 4) is 5.75 Å². The third kappa shape index (κ3) is 4.01. The normalized spacial score (nSPS) is 12.3. The van der Waals surface area contributed by atoms with Crippen molar-refractivity contribution in [3.05, 3.63) is 59.2 Å². The van der Waals surface area contributed by atoms with Gasteiger partial charge in [0.05, 0.1) is 11.8 Å². The van der Waals surface area contributed by atoms with Crippen LogP contribution in [0.1, 0.15) is 43.5 Å². The second-order valence-electron chi connectivity index (χ2n) is 5.89. The molecule has 1 atom stereocenters. The van der Waals surface area contributed by atoms with E-state index in [-0.39, 0.29) is 12.1 Å². The minimum absolute atomic E-state index is 0.171. The Morgan fingerprint density at radius 3 is 2.33 bits per heavy atom. The first-order chi connectivity index (χ1) is 9.97. The summed E-state index contributed by atoms with van der Waals surface area (Å²) in [5.41, 5.74) is 4.97. The van der Waals surface area contributed by atoms with Gasteiger partial charge < -0.3 is 10.1 Å². The fourth-order valence-electron chi connectivity index (χ4n) is 2.57. The molecule has 2 aromatic rings. The molecule has 1 unspecified atom stereocenters. The first-order valence-corrected chi connectivity index (χ1v) is 7.56. The van der Waals surface area contributed by atoms with Gasteiger partial charge in [0.2, 0.25) is 0 Å². The van der Waals surface area contributed by atoms with Crippen LogP contribution in [0, 0.1) is 13.8 Å². The summed E-state index contributed by atoms with van der Waals surface area (Å²) in [6, 6.07) is 14.9. The molecule has 2 heteroatoms. The van der Waals surface area contributed by atoms with Gasteiger partial charge in [-0.05, 0) is 57.9 Å². The molecule has 0 fully saturated rings. The summed E-state index contributed by atoms with van der Waals surface area (Å²) < 4.78 is 5.87. The molecule has 1 N–H and O–H groups in total. The molecule has 0 saturated heterocycles. The molecule has 2 rings (SSSR count). The average molecular weight is 283 g/mol. The summed E-state index contributed by atoms with van der Waals surface area (Å²) in [5, 5.41) is 3.57. The number of anilines is 1. The van der Waals surface area contributed by atoms with E-state index in [1.54, 1.807) is 0 Å². The zero-order valence-corrected chi connectivity index (χ0v) is 13.6. The lowest BCUT2D eigenvalue weighted by molar-refractivity contribution is 0.243. The molecule has 0 bridgehead atoms. The molecule has 2 aromatic carbocycles. The lowest BCUT2D eigenvalue weighted by Gasteiger charge is -2.21. The van der Waals surface area contributed by atoms with Crippen molar-refractivity contribution in [1.29, 1.82) is 0 Å². The van der Waals surface area contributed by atoms with E-state index in [0.29, 0.717) is 0 Å². The van der Waals surface area contributed by atoms with Gasteiger partial charge >= 0.3 is 0 Å². The van der Waals surface area contributed by atoms with E-state index in [1.807, 2.05) is 32.0 Å². The summed E-state index contributed by atoms with van der Waals surface area (Å²) in [5.74, 6) is 0.907. The van der Waals surface area contributed by atoms with Crippen LogP contribution in [0.2, 0.25) is 0 Å². The molecule has 2 nitrogen and oxygen atoms in total. The van der Waals surface area contributed by atoms with Crippen LogP contribution in [0.5, 0.6) is 5.75 Å². The van der Waals surface area contributed by atoms with Gasteiger partial charge in [-0.1, -0.05) is 35.9 Å². The summed E-state index contributed by atoms with van der Waals surface area (Å²) in [4.78, 5) is 0. The molecule has 0 aromatic heterocycles. The van der Waals surface area contributed by atoms with E-state index >= 15 is 0 Å². The Hall–Kier alpha value is -1.96. The van der Waals surface area contributed by atoms with Crippen LogP contribution in [-0.4, -0.2) is 6.10 Å². The molecule has 0 aliphatic heterocycles. The van der Waals surface area contributed by atoms with Gasteiger partial charge in [0.15, 0.2) is 0 Å². The molecule has 0 saturated carbocycles. The Kier molecular flexibility index (Phi) is 4.89. The Morgan fingerprint density at radius 2 is 1.67 bits per heavy atom. The van der Waals surface area contributed by atoms with Gasteiger partial charge in [0.25, 0.3) is 0 Å². The molecular weight excluding hydrogens is 258 g/mol. The van der Waals surface area contributed by atoms with Crippen LogP contribution in [0.4, 0.5) is 5.69 Å². The first-order valence-electron chi connectivity index (χ1n) is 7.56. The Labute approximate surface area is 128 Å². The lowest BCUT2D eigenvalue weighted by Crippen LogP contribution is -2.12. The van der Waals surface area contributed by atoms with E-state index in [4.69, 9.17) is 4.74 Å². The number of rotatable bonds is 5. The van der Waals surface area contributed by atoms with Crippen molar-refractivity contribution in [3.63, 3.8) is 0 Å². The smallest absolute Gasteiger partial charge is 0.142 e. The summed E-state index contributed by atoms with van der Waals surface area (Å²) in [6.07, 6.45) is 0.171. The number of benzene rings is 2. The predicted octanol–water partition coefficient (Wildman–Crippen LogP) is 5.26. The first kappa shape index (κ1) is 15.4. The van der Waals surface area contributed by atoms with Crippen molar-refractivity contribution in [1.82, 2.24) is 0 Å². The van der Waals surface area contributed by atoms with Crippen LogP contribution < -0.4 is 10.1 Å². The maximum Gasteiger partial charge on any atom is 0.142 e. The molecular formula is C19H25NO. The molecule has 0 radical (unpaired) electrons. The molecule has 0 aliphatic rings. The third-order valence-corrected chi connectivity index (χ3v) is 3.51. The van der Waals surface area contributed by atoms with Gasteiger partial charge in [-0.25, -0.2) is 0 Å². The Morgan fingerprint density at radius 1 is 0.952 bits per heavy atom. The Bertz CT molecular complexity index is 604. The molecule has 0 aliphatic carbocycles. The standard InChI is InChI=1S/C19H25NO/c1-13(2)21-19-9-7-6-8-18(19)20-16(5)17-11-10-14(3)12-15(17)4/h6-13,16,20H,1-5H3. The van der Waals surface area contributed by atoms with E-state index < -0.39 is 0 Å². The number of aryl methyl sites for hydroxylation is 2. The quantitative estimate of drug-likeness (QED) is 0.807. The van der Waals surface area contributed by atoms with Crippen molar-refractivity contribution in [2.24, 2.45) is 0 Å². The highest BCUT2D eigenvalue weighted by Gasteiger charge is 2.11. The second kappa shape index (κ2) is 6.66. The monoisotopic (exact) mass is 283 g/mol. The molecule has 112 valence electrons. The van der Waals surface area contributed by atoms with Crippen LogP contribution in [0.3, 0.4) is 0 Å². The predicted molar refractivity (Wildman–Crippen MR) is 90.2 cm³/mol. The van der Waals surface area contributed by atoms with Crippen molar-refractivity contribution < 1.29 is 4.74 Å². The largest absolute Gasteiger partial charge is 0.489 e. The van der Waals surface area contributed by atoms with Gasteiger partial charge in [-0.3, -0.25) is 0 Å². The third-order valence-electron chi connectivity index (χ3n) is 3.51. The second-order valence-corrected chi connectivity index (χ2v) is 5.89. The van der Waals surface area contributed by atoms with Crippen LogP contribution in [0.15, 0.2) is 42.5 Å². The van der Waals surface area contributed by atoms with Crippen LogP contribution in [-0.2, 0) is 0 Å². The number of hydrogen-bond acceptors (Lipinski definition) is 2. The van der Waals surface area contributed by atoms with Crippen molar-refractivity contribution in [2.45, 2.75) is 46.8 Å². The van der Waals surface area contributed by atoms with E-state index in [0.717, 1.165) is 11.4 Å². The fraction of sp³-hybridized carbons (Fsp3) is 0.368. The summed E-state index contributed by atoms with van der Waals surface area (Å²) >= 11 is 0. The van der Waals surface area contributed by atoms with E-state index in [2.05, 4.69) is 50.4 Å². The lowest BCUT2D eigenvalue weighted by atomic mass is 10.00. The van der Waals surface area contributed by atoms with Gasteiger partial charge in [0, 0.05) is 6.04 Å². The molecule has 0 spiro atoms. The SMILES string of the molecule is Cc1ccc(C(C)Nc2ccccc2OC(C)C)c(C)c1. The zero-order valence-electron chi connectivity index (χ0n) is 13.6. The average Bonchev–Trinajstić information content (AvgIpc) is 2.40. The number of hydrogen-bond donors (Lipinski definition) is 1. The van der Waals surface area contributed by atoms with E-state index in [1.165, 1.54) is 16.7 Å². The number of para-hydroxylation sites is 2. The molecule has 0 heterocycles. The maximum absolute atomic E-state index is 5.87. The maximum atomic E-state index is 5.87. The van der Waals surface area contributed by atoms with Gasteiger partial charge in [-0.15, -0.1) is 0 Å². The number of ether oxygens (including phenoxy) is 1. The number of nitrogens with one attached hydrogen (secondary N) is 1. The summed E-state index contributed by atoms with van der Waals surface area (Å²) in [6.45, 7) is 10.6. The van der Waals surface area contributed by atoms with Crippen LogP contribution in [0.25, 0.3) is 0 Å². The van der Waals surface area contributed by atoms with Crippen LogP contribution >= 0.6 is 0 Å². The highest BCUT2D eigenvalue weighted by atomic mass is 16.5. The van der Waals surface area contributed by atoms with Gasteiger partial charge in [-0.2, -0.15) is 0 Å². The topological polar surface area (TPSA) is 21.3 Å². The highest BCUT2D eigenvalue weighted by molar-refractivity contribution is 5.57. The van der Waals surface area contributed by atoms with Crippen molar-refractivity contribution >= 4 is 5.69 Å². The highest BCUT2D eigenvalue weighted by Crippen LogP contribution is 2.30. The minimum Gasteiger partial charge on any atom is -0.489 e. The molecule has 0 amide bonds. The van der Waals surface area contributed by atoms with Gasteiger partial charge in [0.1, 0.15) is 5.75 Å². The van der Waals surface area contributed by atoms with Crippen molar-refractivity contribution in [2.75, 3.05) is 5.32 Å². The van der Waals surface area contributed by atoms with E-state index in [9.17, 15) is 0 Å². The minimum atomic E-state index is 0.171. The zero-order chi connectivity index (χ0) is 15.4. The molecule has 21 heavy (non-hydrogen) atoms.